The molecule has 0 atom stereocenters. The molecule has 0 saturated heterocycles. The first-order chi connectivity index (χ1) is 23.3. The second kappa shape index (κ2) is 11.4. The highest BCUT2D eigenvalue weighted by Gasteiger charge is 2.17. The van der Waals surface area contributed by atoms with E-state index in [1.807, 2.05) is 36.4 Å². The Morgan fingerprint density at radius 2 is 0.936 bits per heavy atom. The molecule has 0 aliphatic rings. The Morgan fingerprint density at radius 1 is 0.383 bits per heavy atom. The van der Waals surface area contributed by atoms with Crippen molar-refractivity contribution in [3.8, 4) is 56.2 Å². The first kappa shape index (κ1) is 27.3. The Bertz CT molecular complexity index is 2510. The Morgan fingerprint density at radius 3 is 1.70 bits per heavy atom. The lowest BCUT2D eigenvalue weighted by Crippen LogP contribution is -1.96. The van der Waals surface area contributed by atoms with Crippen LogP contribution < -0.4 is 0 Å². The third kappa shape index (κ3) is 4.96. The summed E-state index contributed by atoms with van der Waals surface area (Å²) in [5.41, 5.74) is 10.6. The van der Waals surface area contributed by atoms with Crippen LogP contribution in [0.1, 0.15) is 0 Å². The number of para-hydroxylation sites is 1. The predicted molar refractivity (Wildman–Crippen MR) is 197 cm³/mol. The van der Waals surface area contributed by atoms with Gasteiger partial charge in [-0.25, -0.2) is 15.0 Å². The molecule has 0 spiro atoms. The van der Waals surface area contributed by atoms with Gasteiger partial charge in [-0.3, -0.25) is 0 Å². The summed E-state index contributed by atoms with van der Waals surface area (Å²) >= 11 is 1.76. The average Bonchev–Trinajstić information content (AvgIpc) is 3.52. The van der Waals surface area contributed by atoms with Gasteiger partial charge in [0, 0.05) is 43.1 Å². The molecular formula is C43H27N3S. The minimum absolute atomic E-state index is 0.714. The molecule has 0 aliphatic carbocycles. The number of aromatic nitrogens is 3. The van der Waals surface area contributed by atoms with Gasteiger partial charge in [0.1, 0.15) is 4.83 Å². The Labute approximate surface area is 276 Å². The molecule has 3 heterocycles. The van der Waals surface area contributed by atoms with Crippen LogP contribution in [-0.2, 0) is 0 Å². The van der Waals surface area contributed by atoms with Crippen LogP contribution in [0.4, 0.5) is 0 Å². The largest absolute Gasteiger partial charge is 0.237 e. The van der Waals surface area contributed by atoms with E-state index in [-0.39, 0.29) is 0 Å². The second-order valence-corrected chi connectivity index (χ2v) is 12.7. The van der Waals surface area contributed by atoms with Crippen molar-refractivity contribution in [3.05, 3.63) is 164 Å². The van der Waals surface area contributed by atoms with E-state index in [4.69, 9.17) is 15.0 Å². The molecule has 0 saturated carbocycles. The number of benzene rings is 6. The van der Waals surface area contributed by atoms with Gasteiger partial charge in [-0.1, -0.05) is 133 Å². The Balaban J connectivity index is 1.20. The topological polar surface area (TPSA) is 38.7 Å². The van der Waals surface area contributed by atoms with Gasteiger partial charge < -0.3 is 0 Å². The standard InChI is InChI=1S/C43H27N3S/c1-3-13-28(14-4-1)37-27-38(45-42(44-37)29-15-5-2-6-16-29)32-19-11-17-30(25-32)31-18-12-20-33(26-31)40-34-21-7-9-23-36(34)46-43-41(40)35-22-8-10-24-39(35)47-43/h1-27H. The molecule has 6 aromatic carbocycles. The maximum absolute atomic E-state index is 5.09. The highest BCUT2D eigenvalue weighted by Crippen LogP contribution is 2.43. The molecule has 47 heavy (non-hydrogen) atoms. The highest BCUT2D eigenvalue weighted by molar-refractivity contribution is 7.25. The highest BCUT2D eigenvalue weighted by atomic mass is 32.1. The third-order valence-corrected chi connectivity index (χ3v) is 9.76. The second-order valence-electron chi connectivity index (χ2n) is 11.6. The molecular weight excluding hydrogens is 591 g/mol. The number of thiophene rings is 1. The van der Waals surface area contributed by atoms with Crippen LogP contribution in [-0.4, -0.2) is 15.0 Å². The van der Waals surface area contributed by atoms with E-state index in [0.29, 0.717) is 5.82 Å². The van der Waals surface area contributed by atoms with Crippen LogP contribution >= 0.6 is 11.3 Å². The molecule has 220 valence electrons. The third-order valence-electron chi connectivity index (χ3n) is 8.69. The average molecular weight is 618 g/mol. The van der Waals surface area contributed by atoms with Crippen LogP contribution in [0.25, 0.3) is 87.4 Å². The van der Waals surface area contributed by atoms with Crippen LogP contribution in [0.15, 0.2) is 164 Å². The van der Waals surface area contributed by atoms with Crippen LogP contribution in [0, 0.1) is 0 Å². The number of hydrogen-bond donors (Lipinski definition) is 0. The fourth-order valence-electron chi connectivity index (χ4n) is 6.46. The van der Waals surface area contributed by atoms with Crippen molar-refractivity contribution in [2.24, 2.45) is 0 Å². The summed E-state index contributed by atoms with van der Waals surface area (Å²) in [6, 6.07) is 57.3. The summed E-state index contributed by atoms with van der Waals surface area (Å²) in [5.74, 6) is 0.714. The summed E-state index contributed by atoms with van der Waals surface area (Å²) in [4.78, 5) is 16.2. The smallest absolute Gasteiger partial charge is 0.160 e. The van der Waals surface area contributed by atoms with E-state index in [1.54, 1.807) is 11.3 Å². The van der Waals surface area contributed by atoms with Gasteiger partial charge in [-0.15, -0.1) is 11.3 Å². The van der Waals surface area contributed by atoms with E-state index in [2.05, 4.69) is 127 Å². The van der Waals surface area contributed by atoms with Gasteiger partial charge in [0.25, 0.3) is 0 Å². The fraction of sp³-hybridized carbons (Fsp3) is 0. The maximum Gasteiger partial charge on any atom is 0.160 e. The van der Waals surface area contributed by atoms with Crippen molar-refractivity contribution < 1.29 is 0 Å². The van der Waals surface area contributed by atoms with Crippen LogP contribution in [0.5, 0.6) is 0 Å². The van der Waals surface area contributed by atoms with E-state index >= 15 is 0 Å². The van der Waals surface area contributed by atoms with E-state index < -0.39 is 0 Å². The molecule has 3 nitrogen and oxygen atoms in total. The number of rotatable bonds is 5. The summed E-state index contributed by atoms with van der Waals surface area (Å²) in [5, 5.41) is 3.63. The Kier molecular flexibility index (Phi) is 6.65. The Hall–Kier alpha value is -5.97. The summed E-state index contributed by atoms with van der Waals surface area (Å²) in [7, 11) is 0. The maximum atomic E-state index is 5.09. The molecule has 0 unspecified atom stereocenters. The zero-order valence-corrected chi connectivity index (χ0v) is 26.2. The molecule has 4 heteroatoms. The van der Waals surface area contributed by atoms with Gasteiger partial charge in [0.2, 0.25) is 0 Å². The zero-order valence-electron chi connectivity index (χ0n) is 25.3. The van der Waals surface area contributed by atoms with E-state index in [9.17, 15) is 0 Å². The fourth-order valence-corrected chi connectivity index (χ4v) is 7.55. The van der Waals surface area contributed by atoms with Gasteiger partial charge in [0.15, 0.2) is 5.82 Å². The quantitative estimate of drug-likeness (QED) is 0.193. The molecule has 0 bridgehead atoms. The summed E-state index contributed by atoms with van der Waals surface area (Å²) < 4.78 is 1.25. The van der Waals surface area contributed by atoms with Crippen LogP contribution in [0.2, 0.25) is 0 Å². The van der Waals surface area contributed by atoms with Crippen molar-refractivity contribution in [2.45, 2.75) is 0 Å². The molecule has 0 aliphatic heterocycles. The molecule has 0 N–H and O–H groups in total. The predicted octanol–water partition coefficient (Wildman–Crippen LogP) is 11.7. The lowest BCUT2D eigenvalue weighted by Gasteiger charge is -2.13. The first-order valence-corrected chi connectivity index (χ1v) is 16.5. The lowest BCUT2D eigenvalue weighted by atomic mass is 9.93. The number of pyridine rings is 1. The number of fused-ring (bicyclic) bond motifs is 4. The van der Waals surface area contributed by atoms with Gasteiger partial charge >= 0.3 is 0 Å². The molecule has 9 rings (SSSR count). The molecule has 0 radical (unpaired) electrons. The van der Waals surface area contributed by atoms with E-state index in [1.165, 1.54) is 26.6 Å². The normalized spacial score (nSPS) is 11.4. The van der Waals surface area contributed by atoms with Crippen molar-refractivity contribution in [2.75, 3.05) is 0 Å². The van der Waals surface area contributed by atoms with Crippen molar-refractivity contribution in [3.63, 3.8) is 0 Å². The monoisotopic (exact) mass is 617 g/mol. The van der Waals surface area contributed by atoms with Gasteiger partial charge in [-0.2, -0.15) is 0 Å². The van der Waals surface area contributed by atoms with Gasteiger partial charge in [-0.05, 0) is 47.0 Å². The lowest BCUT2D eigenvalue weighted by molar-refractivity contribution is 1.18. The zero-order chi connectivity index (χ0) is 31.2. The number of nitrogens with zero attached hydrogens (tertiary/aromatic N) is 3. The van der Waals surface area contributed by atoms with Crippen molar-refractivity contribution in [1.29, 1.82) is 0 Å². The molecule has 0 amide bonds. The molecule has 9 aromatic rings. The van der Waals surface area contributed by atoms with Crippen LogP contribution in [0.3, 0.4) is 0 Å². The first-order valence-electron chi connectivity index (χ1n) is 15.7. The van der Waals surface area contributed by atoms with Crippen molar-refractivity contribution >= 4 is 42.5 Å². The summed E-state index contributed by atoms with van der Waals surface area (Å²) in [6.07, 6.45) is 0. The molecule has 3 aromatic heterocycles. The minimum atomic E-state index is 0.714. The van der Waals surface area contributed by atoms with E-state index in [0.717, 1.165) is 54.9 Å². The van der Waals surface area contributed by atoms with Gasteiger partial charge in [0.05, 0.1) is 16.9 Å². The molecule has 0 fully saturated rings. The van der Waals surface area contributed by atoms with Crippen molar-refractivity contribution in [1.82, 2.24) is 15.0 Å². The number of hydrogen-bond acceptors (Lipinski definition) is 4. The SMILES string of the molecule is c1ccc(-c2cc(-c3cccc(-c4cccc(-c5c6ccccc6nc6sc7ccccc7c56)c4)c3)nc(-c3ccccc3)n2)cc1. The summed E-state index contributed by atoms with van der Waals surface area (Å²) in [6.45, 7) is 0. The minimum Gasteiger partial charge on any atom is -0.237 e.